The maximum absolute atomic E-state index is 12.4. The molecule has 6 nitrogen and oxygen atoms in total. The van der Waals surface area contributed by atoms with Gasteiger partial charge in [0.05, 0.1) is 14.2 Å². The lowest BCUT2D eigenvalue weighted by molar-refractivity contribution is 0.337. The first-order valence-corrected chi connectivity index (χ1v) is 6.85. The van der Waals surface area contributed by atoms with E-state index in [9.17, 15) is 15.0 Å². The SMILES string of the molecule is COc1c(OC)c2ccc3cc(O)cc4oc(=O)c(c1O)c2c34. The Kier molecular flexibility index (Phi) is 2.60. The molecule has 0 saturated heterocycles. The molecule has 0 radical (unpaired) electrons. The van der Waals surface area contributed by atoms with Crippen LogP contribution in [-0.4, -0.2) is 24.4 Å². The fourth-order valence-electron chi connectivity index (χ4n) is 3.14. The number of phenolic OH excluding ortho intramolecular Hbond substituents is 2. The second-order valence-corrected chi connectivity index (χ2v) is 5.21. The third-order valence-electron chi connectivity index (χ3n) is 4.03. The highest BCUT2D eigenvalue weighted by Gasteiger charge is 2.24. The largest absolute Gasteiger partial charge is 0.508 e. The van der Waals surface area contributed by atoms with Crippen molar-refractivity contribution in [1.82, 2.24) is 0 Å². The number of hydrogen-bond donors (Lipinski definition) is 2. The molecule has 116 valence electrons. The summed E-state index contributed by atoms with van der Waals surface area (Å²) >= 11 is 0. The number of phenols is 2. The highest BCUT2D eigenvalue weighted by molar-refractivity contribution is 6.24. The van der Waals surface area contributed by atoms with Gasteiger partial charge in [0.15, 0.2) is 11.5 Å². The third-order valence-corrected chi connectivity index (χ3v) is 4.03. The molecule has 0 unspecified atom stereocenters. The summed E-state index contributed by atoms with van der Waals surface area (Å²) in [4.78, 5) is 12.4. The molecule has 0 bridgehead atoms. The van der Waals surface area contributed by atoms with Crippen LogP contribution in [0.15, 0.2) is 33.5 Å². The molecule has 0 amide bonds. The molecule has 6 heteroatoms. The van der Waals surface area contributed by atoms with Crippen molar-refractivity contribution in [2.24, 2.45) is 0 Å². The molecule has 4 aromatic rings. The van der Waals surface area contributed by atoms with Crippen LogP contribution in [0.2, 0.25) is 0 Å². The third kappa shape index (κ3) is 1.60. The first-order valence-electron chi connectivity index (χ1n) is 6.85. The van der Waals surface area contributed by atoms with Crippen LogP contribution in [-0.2, 0) is 0 Å². The first-order chi connectivity index (χ1) is 11.1. The average molecular weight is 312 g/mol. The normalized spacial score (nSPS) is 11.6. The van der Waals surface area contributed by atoms with E-state index in [2.05, 4.69) is 0 Å². The lowest BCUT2D eigenvalue weighted by Crippen LogP contribution is -2.04. The predicted octanol–water partition coefficient (Wildman–Crippen LogP) is 2.97. The van der Waals surface area contributed by atoms with E-state index in [1.807, 2.05) is 0 Å². The molecule has 0 aliphatic rings. The summed E-state index contributed by atoms with van der Waals surface area (Å²) in [5.41, 5.74) is -0.464. The van der Waals surface area contributed by atoms with Gasteiger partial charge in [0.25, 0.3) is 0 Å². The van der Waals surface area contributed by atoms with Gasteiger partial charge >= 0.3 is 5.63 Å². The van der Waals surface area contributed by atoms with E-state index in [-0.39, 0.29) is 28.2 Å². The van der Waals surface area contributed by atoms with E-state index < -0.39 is 5.63 Å². The second kappa shape index (κ2) is 4.42. The summed E-state index contributed by atoms with van der Waals surface area (Å²) in [7, 11) is 2.84. The van der Waals surface area contributed by atoms with Gasteiger partial charge in [0.1, 0.15) is 16.7 Å². The predicted molar refractivity (Wildman–Crippen MR) is 85.1 cm³/mol. The molecule has 0 atom stereocenters. The topological polar surface area (TPSA) is 89.1 Å². The van der Waals surface area contributed by atoms with Gasteiger partial charge in [0.2, 0.25) is 5.75 Å². The molecule has 0 spiro atoms. The van der Waals surface area contributed by atoms with E-state index in [1.54, 1.807) is 18.2 Å². The van der Waals surface area contributed by atoms with Crippen LogP contribution >= 0.6 is 0 Å². The van der Waals surface area contributed by atoms with Crippen LogP contribution in [0.4, 0.5) is 0 Å². The van der Waals surface area contributed by atoms with E-state index >= 15 is 0 Å². The smallest absolute Gasteiger partial charge is 0.348 e. The lowest BCUT2D eigenvalue weighted by Gasteiger charge is -2.16. The van der Waals surface area contributed by atoms with Crippen molar-refractivity contribution in [3.8, 4) is 23.0 Å². The van der Waals surface area contributed by atoms with Crippen molar-refractivity contribution < 1.29 is 24.1 Å². The van der Waals surface area contributed by atoms with Crippen LogP contribution < -0.4 is 15.1 Å². The molecule has 0 fully saturated rings. The summed E-state index contributed by atoms with van der Waals surface area (Å²) in [6, 6.07) is 6.47. The van der Waals surface area contributed by atoms with Gasteiger partial charge in [-0.2, -0.15) is 0 Å². The molecule has 0 saturated carbocycles. The Hall–Kier alpha value is -3.15. The summed E-state index contributed by atoms with van der Waals surface area (Å²) in [6.45, 7) is 0. The second-order valence-electron chi connectivity index (χ2n) is 5.21. The number of benzene rings is 3. The zero-order valence-corrected chi connectivity index (χ0v) is 12.3. The Labute approximate surface area is 129 Å². The number of rotatable bonds is 2. The fourth-order valence-corrected chi connectivity index (χ4v) is 3.14. The maximum atomic E-state index is 12.4. The van der Waals surface area contributed by atoms with Gasteiger partial charge in [-0.15, -0.1) is 0 Å². The Morgan fingerprint density at radius 2 is 1.70 bits per heavy atom. The minimum absolute atomic E-state index is 0.00667. The van der Waals surface area contributed by atoms with Crippen molar-refractivity contribution in [3.63, 3.8) is 0 Å². The Balaban J connectivity index is 2.43. The summed E-state index contributed by atoms with van der Waals surface area (Å²) < 4.78 is 15.8. The molecule has 1 aromatic heterocycles. The number of ether oxygens (including phenoxy) is 2. The summed E-state index contributed by atoms with van der Waals surface area (Å²) in [6.07, 6.45) is 0. The fraction of sp³-hybridized carbons (Fsp3) is 0.118. The van der Waals surface area contributed by atoms with Crippen molar-refractivity contribution in [2.75, 3.05) is 14.2 Å². The van der Waals surface area contributed by atoms with Gasteiger partial charge in [0, 0.05) is 22.2 Å². The van der Waals surface area contributed by atoms with Crippen LogP contribution in [0, 0.1) is 0 Å². The standard InChI is InChI=1S/C17H12O6/c1-21-15-9-4-3-7-5-8(18)6-10-11(7)12(9)13(17(20)23-10)14(19)16(15)22-2/h3-6,18-19H,1-2H3. The van der Waals surface area contributed by atoms with Gasteiger partial charge in [-0.25, -0.2) is 4.79 Å². The average Bonchev–Trinajstić information content (AvgIpc) is 2.52. The van der Waals surface area contributed by atoms with Crippen molar-refractivity contribution in [1.29, 1.82) is 0 Å². The van der Waals surface area contributed by atoms with Gasteiger partial charge in [-0.3, -0.25) is 0 Å². The van der Waals surface area contributed by atoms with Gasteiger partial charge in [-0.05, 0) is 17.5 Å². The number of aromatic hydroxyl groups is 2. The van der Waals surface area contributed by atoms with Crippen molar-refractivity contribution in [3.05, 3.63) is 34.7 Å². The van der Waals surface area contributed by atoms with E-state index in [4.69, 9.17) is 13.9 Å². The first kappa shape index (κ1) is 13.5. The highest BCUT2D eigenvalue weighted by Crippen LogP contribution is 2.49. The summed E-state index contributed by atoms with van der Waals surface area (Å²) in [5.74, 6) is 0.0776. The Bertz CT molecular complexity index is 1130. The van der Waals surface area contributed by atoms with Crippen LogP contribution in [0.25, 0.3) is 32.5 Å². The number of methoxy groups -OCH3 is 2. The monoisotopic (exact) mass is 312 g/mol. The van der Waals surface area contributed by atoms with E-state index in [1.165, 1.54) is 20.3 Å². The van der Waals surface area contributed by atoms with Gasteiger partial charge in [-0.1, -0.05) is 6.07 Å². The number of hydrogen-bond acceptors (Lipinski definition) is 6. The maximum Gasteiger partial charge on any atom is 0.348 e. The van der Waals surface area contributed by atoms with Crippen LogP contribution in [0.1, 0.15) is 0 Å². The minimum Gasteiger partial charge on any atom is -0.508 e. The van der Waals surface area contributed by atoms with E-state index in [0.29, 0.717) is 27.3 Å². The zero-order valence-electron chi connectivity index (χ0n) is 12.3. The molecular formula is C17H12O6. The molecule has 4 rings (SSSR count). The molecule has 3 aromatic carbocycles. The van der Waals surface area contributed by atoms with Crippen LogP contribution in [0.3, 0.4) is 0 Å². The minimum atomic E-state index is -0.709. The molecule has 23 heavy (non-hydrogen) atoms. The quantitative estimate of drug-likeness (QED) is 0.437. The highest BCUT2D eigenvalue weighted by atomic mass is 16.5. The Morgan fingerprint density at radius 3 is 2.39 bits per heavy atom. The van der Waals surface area contributed by atoms with E-state index in [0.717, 1.165) is 0 Å². The zero-order chi connectivity index (χ0) is 16.3. The molecule has 1 heterocycles. The molecular weight excluding hydrogens is 300 g/mol. The van der Waals surface area contributed by atoms with Crippen LogP contribution in [0.5, 0.6) is 23.0 Å². The Morgan fingerprint density at radius 1 is 0.957 bits per heavy atom. The van der Waals surface area contributed by atoms with Crippen molar-refractivity contribution >= 4 is 32.5 Å². The summed E-state index contributed by atoms with van der Waals surface area (Å²) in [5, 5.41) is 22.7. The van der Waals surface area contributed by atoms with Crippen molar-refractivity contribution in [2.45, 2.75) is 0 Å². The molecule has 2 N–H and O–H groups in total. The molecule has 0 aliphatic heterocycles. The lowest BCUT2D eigenvalue weighted by atomic mass is 9.96. The molecule has 0 aliphatic carbocycles. The van der Waals surface area contributed by atoms with Gasteiger partial charge < -0.3 is 24.1 Å².